The van der Waals surface area contributed by atoms with Crippen molar-refractivity contribution in [2.45, 2.75) is 30.0 Å². The molecule has 2 aliphatic rings. The zero-order chi connectivity index (χ0) is 15.5. The average Bonchev–Trinajstić information content (AvgIpc) is 3.09. The number of rotatable bonds is 2. The molecule has 7 heteroatoms. The molecular formula is C15H15NO6. The maximum Gasteiger partial charge on any atom is 0.344 e. The van der Waals surface area contributed by atoms with Gasteiger partial charge in [-0.25, -0.2) is 4.79 Å². The highest BCUT2D eigenvalue weighted by Gasteiger charge is 2.73. The van der Waals surface area contributed by atoms with Gasteiger partial charge in [-0.15, -0.1) is 0 Å². The number of carbonyl (C=O) groups is 1. The van der Waals surface area contributed by atoms with Crippen molar-refractivity contribution in [3.05, 3.63) is 36.0 Å². The number of aromatic amines is 1. The Morgan fingerprint density at radius 2 is 2.09 bits per heavy atom. The molecule has 0 bridgehead atoms. The van der Waals surface area contributed by atoms with E-state index in [2.05, 4.69) is 4.98 Å². The second kappa shape index (κ2) is 4.30. The summed E-state index contributed by atoms with van der Waals surface area (Å²) in [5, 5.41) is 31.9. The fourth-order valence-electron chi connectivity index (χ4n) is 3.27. The summed E-state index contributed by atoms with van der Waals surface area (Å²) in [5.74, 6) is -3.24. The molecule has 7 nitrogen and oxygen atoms in total. The lowest BCUT2D eigenvalue weighted by Gasteiger charge is -2.31. The molecule has 0 saturated carbocycles. The number of benzene rings is 1. The van der Waals surface area contributed by atoms with E-state index in [1.807, 2.05) is 24.3 Å². The number of aromatic nitrogens is 1. The smallest absolute Gasteiger partial charge is 0.344 e. The largest absolute Gasteiger partial charge is 0.451 e. The molecule has 2 fully saturated rings. The zero-order valence-corrected chi connectivity index (χ0v) is 11.5. The lowest BCUT2D eigenvalue weighted by atomic mass is 9.85. The van der Waals surface area contributed by atoms with Crippen molar-refractivity contribution in [3.63, 3.8) is 0 Å². The maximum atomic E-state index is 12.1. The third-order valence-electron chi connectivity index (χ3n) is 4.49. The first kappa shape index (κ1) is 13.7. The van der Waals surface area contributed by atoms with Gasteiger partial charge in [-0.2, -0.15) is 0 Å². The molecule has 0 spiro atoms. The van der Waals surface area contributed by atoms with Crippen LogP contribution in [-0.2, 0) is 20.7 Å². The number of fused-ring (bicyclic) bond motifs is 2. The minimum Gasteiger partial charge on any atom is -0.451 e. The Morgan fingerprint density at radius 3 is 2.91 bits per heavy atom. The van der Waals surface area contributed by atoms with Gasteiger partial charge in [0.15, 0.2) is 6.10 Å². The fraction of sp³-hybridized carbons (Fsp3) is 0.400. The molecule has 0 amide bonds. The van der Waals surface area contributed by atoms with E-state index in [0.29, 0.717) is 5.56 Å². The number of aliphatic hydroxyl groups is 3. The second-order valence-corrected chi connectivity index (χ2v) is 5.80. The molecule has 4 N–H and O–H groups in total. The van der Waals surface area contributed by atoms with Gasteiger partial charge in [0, 0.05) is 23.5 Å². The number of H-pyrrole nitrogens is 1. The van der Waals surface area contributed by atoms with Crippen molar-refractivity contribution in [3.8, 4) is 0 Å². The summed E-state index contributed by atoms with van der Waals surface area (Å²) in [6.07, 6.45) is -0.964. The summed E-state index contributed by atoms with van der Waals surface area (Å²) in [6.45, 7) is -0.204. The summed E-state index contributed by atoms with van der Waals surface area (Å²) in [5.41, 5.74) is -0.766. The topological polar surface area (TPSA) is 112 Å². The van der Waals surface area contributed by atoms with Gasteiger partial charge in [0.05, 0.1) is 6.61 Å². The van der Waals surface area contributed by atoms with Crippen LogP contribution in [0.5, 0.6) is 0 Å². The van der Waals surface area contributed by atoms with Crippen molar-refractivity contribution >= 4 is 16.9 Å². The van der Waals surface area contributed by atoms with E-state index in [1.54, 1.807) is 6.20 Å². The van der Waals surface area contributed by atoms with Crippen molar-refractivity contribution in [1.29, 1.82) is 0 Å². The Bertz CT molecular complexity index is 757. The van der Waals surface area contributed by atoms with Crippen molar-refractivity contribution in [2.24, 2.45) is 0 Å². The van der Waals surface area contributed by atoms with Gasteiger partial charge < -0.3 is 29.8 Å². The molecule has 0 aliphatic carbocycles. The summed E-state index contributed by atoms with van der Waals surface area (Å²) in [7, 11) is 0. The van der Waals surface area contributed by atoms with Gasteiger partial charge in [0.2, 0.25) is 11.4 Å². The molecule has 1 unspecified atom stereocenters. The van der Waals surface area contributed by atoms with E-state index in [4.69, 9.17) is 9.47 Å². The summed E-state index contributed by atoms with van der Waals surface area (Å²) in [6, 6.07) is 7.41. The Morgan fingerprint density at radius 1 is 1.32 bits per heavy atom. The first-order valence-electron chi connectivity index (χ1n) is 6.98. The lowest BCUT2D eigenvalue weighted by molar-refractivity contribution is -0.262. The molecule has 4 atom stereocenters. The van der Waals surface area contributed by atoms with Gasteiger partial charge in [-0.3, -0.25) is 0 Å². The lowest BCUT2D eigenvalue weighted by Crippen LogP contribution is -2.59. The first-order valence-corrected chi connectivity index (χ1v) is 6.98. The molecule has 116 valence electrons. The highest BCUT2D eigenvalue weighted by atomic mass is 16.7. The van der Waals surface area contributed by atoms with E-state index >= 15 is 0 Å². The predicted octanol–water partition coefficient (Wildman–Crippen LogP) is -0.553. The Hall–Kier alpha value is -1.93. The van der Waals surface area contributed by atoms with Crippen LogP contribution in [0, 0.1) is 0 Å². The fourth-order valence-corrected chi connectivity index (χ4v) is 3.27. The number of nitrogens with one attached hydrogen (secondary N) is 1. The Kier molecular flexibility index (Phi) is 2.68. The van der Waals surface area contributed by atoms with Crippen LogP contribution in [0.4, 0.5) is 0 Å². The minimum atomic E-state index is -2.26. The number of esters is 1. The van der Waals surface area contributed by atoms with Crippen LogP contribution in [-0.4, -0.2) is 56.5 Å². The maximum absolute atomic E-state index is 12.1. The number of ether oxygens (including phenoxy) is 2. The highest BCUT2D eigenvalue weighted by Crippen LogP contribution is 2.45. The summed E-state index contributed by atoms with van der Waals surface area (Å²) >= 11 is 0. The number of carbonyl (C=O) groups excluding carboxylic acids is 1. The van der Waals surface area contributed by atoms with Crippen LogP contribution >= 0.6 is 0 Å². The van der Waals surface area contributed by atoms with E-state index < -0.39 is 29.6 Å². The SMILES string of the molecule is O=C1O[C@@H]2C(O)CO[C@]2(O)[C@@]1(O)Cc1c[nH]c2ccccc12. The van der Waals surface area contributed by atoms with Crippen molar-refractivity contribution in [1.82, 2.24) is 4.98 Å². The Labute approximate surface area is 125 Å². The number of hydrogen-bond donors (Lipinski definition) is 4. The van der Waals surface area contributed by atoms with E-state index in [1.165, 1.54) is 0 Å². The summed E-state index contributed by atoms with van der Waals surface area (Å²) in [4.78, 5) is 15.1. The Balaban J connectivity index is 1.76. The van der Waals surface area contributed by atoms with Crippen LogP contribution in [0.2, 0.25) is 0 Å². The monoisotopic (exact) mass is 305 g/mol. The van der Waals surface area contributed by atoms with Gasteiger partial charge in [0.25, 0.3) is 0 Å². The molecular weight excluding hydrogens is 290 g/mol. The number of aliphatic hydroxyl groups excluding tert-OH is 1. The average molecular weight is 305 g/mol. The highest BCUT2D eigenvalue weighted by molar-refractivity contribution is 5.87. The van der Waals surface area contributed by atoms with Gasteiger partial charge in [0.1, 0.15) is 6.10 Å². The molecule has 2 aliphatic heterocycles. The standard InChI is InChI=1S/C15H15NO6/c17-11-7-21-15(20)12(11)22-13(18)14(15,19)5-8-6-16-10-4-2-1-3-9(8)10/h1-4,6,11-12,16-17,19-20H,5,7H2/t11?,12-,14-,15+/m1/s1. The summed E-state index contributed by atoms with van der Waals surface area (Å²) < 4.78 is 10.1. The van der Waals surface area contributed by atoms with Crippen LogP contribution in [0.3, 0.4) is 0 Å². The molecule has 2 aromatic rings. The van der Waals surface area contributed by atoms with Gasteiger partial charge >= 0.3 is 5.97 Å². The molecule has 1 aromatic carbocycles. The van der Waals surface area contributed by atoms with Crippen molar-refractivity contribution in [2.75, 3.05) is 6.61 Å². The molecule has 22 heavy (non-hydrogen) atoms. The normalized spacial score (nSPS) is 37.5. The first-order chi connectivity index (χ1) is 10.5. The molecule has 0 radical (unpaired) electrons. The second-order valence-electron chi connectivity index (χ2n) is 5.80. The minimum absolute atomic E-state index is 0.185. The van der Waals surface area contributed by atoms with Crippen LogP contribution in [0.15, 0.2) is 30.5 Å². The third kappa shape index (κ3) is 1.56. The van der Waals surface area contributed by atoms with Crippen molar-refractivity contribution < 1.29 is 29.6 Å². The van der Waals surface area contributed by atoms with E-state index in [0.717, 1.165) is 10.9 Å². The zero-order valence-electron chi connectivity index (χ0n) is 11.5. The van der Waals surface area contributed by atoms with E-state index in [-0.39, 0.29) is 13.0 Å². The molecule has 2 saturated heterocycles. The number of para-hydroxylation sites is 1. The number of hydrogen-bond acceptors (Lipinski definition) is 6. The van der Waals surface area contributed by atoms with E-state index in [9.17, 15) is 20.1 Å². The molecule has 1 aromatic heterocycles. The third-order valence-corrected chi connectivity index (χ3v) is 4.49. The van der Waals surface area contributed by atoms with Gasteiger partial charge in [-0.05, 0) is 11.6 Å². The quantitative estimate of drug-likeness (QED) is 0.554. The van der Waals surface area contributed by atoms with Crippen LogP contribution in [0.25, 0.3) is 10.9 Å². The van der Waals surface area contributed by atoms with Crippen LogP contribution in [0.1, 0.15) is 5.56 Å². The predicted molar refractivity (Wildman–Crippen MR) is 73.7 cm³/mol. The molecule has 4 rings (SSSR count). The molecule has 3 heterocycles. The van der Waals surface area contributed by atoms with Gasteiger partial charge in [-0.1, -0.05) is 18.2 Å². The van der Waals surface area contributed by atoms with Crippen LogP contribution < -0.4 is 0 Å².